The molecule has 3 saturated heterocycles. The number of hydrogen-bond acceptors (Lipinski definition) is 1. The Morgan fingerprint density at radius 2 is 1.82 bits per heavy atom. The van der Waals surface area contributed by atoms with Gasteiger partial charge in [0, 0.05) is 5.54 Å². The maximum Gasteiger partial charge on any atom is 0.0239 e. The summed E-state index contributed by atoms with van der Waals surface area (Å²) in [5.41, 5.74) is 0.737. The van der Waals surface area contributed by atoms with Crippen LogP contribution in [0.2, 0.25) is 0 Å². The molecule has 0 aromatic rings. The van der Waals surface area contributed by atoms with E-state index in [2.05, 4.69) is 11.8 Å². The Balaban J connectivity index is 1.95. The normalized spacial score (nSPS) is 51.5. The fourth-order valence-corrected chi connectivity index (χ4v) is 3.47. The van der Waals surface area contributed by atoms with E-state index in [-0.39, 0.29) is 0 Å². The van der Waals surface area contributed by atoms with Crippen molar-refractivity contribution in [2.75, 3.05) is 13.1 Å². The van der Waals surface area contributed by atoms with Gasteiger partial charge in [-0.1, -0.05) is 6.92 Å². The van der Waals surface area contributed by atoms with Gasteiger partial charge >= 0.3 is 0 Å². The van der Waals surface area contributed by atoms with E-state index < -0.39 is 0 Å². The van der Waals surface area contributed by atoms with E-state index >= 15 is 0 Å². The zero-order chi connectivity index (χ0) is 7.47. The second-order valence-electron chi connectivity index (χ2n) is 4.72. The summed E-state index contributed by atoms with van der Waals surface area (Å²) in [7, 11) is 0. The van der Waals surface area contributed by atoms with E-state index in [9.17, 15) is 0 Å². The Hall–Kier alpha value is -0.0400. The Labute approximate surface area is 68.8 Å². The van der Waals surface area contributed by atoms with Crippen LogP contribution in [0.15, 0.2) is 0 Å². The second kappa shape index (κ2) is 1.82. The fraction of sp³-hybridized carbons (Fsp3) is 1.00. The van der Waals surface area contributed by atoms with Gasteiger partial charge in [0.15, 0.2) is 0 Å². The highest BCUT2D eigenvalue weighted by atomic mass is 15.3. The summed E-state index contributed by atoms with van der Waals surface area (Å²) in [4.78, 5) is 2.78. The van der Waals surface area contributed by atoms with E-state index in [4.69, 9.17) is 0 Å². The molecule has 4 rings (SSSR count). The van der Waals surface area contributed by atoms with Crippen LogP contribution in [0.25, 0.3) is 0 Å². The lowest BCUT2D eigenvalue weighted by Crippen LogP contribution is -2.55. The summed E-state index contributed by atoms with van der Waals surface area (Å²) < 4.78 is 0. The van der Waals surface area contributed by atoms with Crippen molar-refractivity contribution in [2.24, 2.45) is 11.8 Å². The maximum atomic E-state index is 2.78. The Morgan fingerprint density at radius 1 is 1.18 bits per heavy atom. The molecule has 1 aliphatic carbocycles. The predicted molar refractivity (Wildman–Crippen MR) is 45.4 cm³/mol. The van der Waals surface area contributed by atoms with Crippen molar-refractivity contribution < 1.29 is 0 Å². The maximum absolute atomic E-state index is 2.78. The third-order valence-electron chi connectivity index (χ3n) is 4.49. The summed E-state index contributed by atoms with van der Waals surface area (Å²) in [6.45, 7) is 5.31. The Kier molecular flexibility index (Phi) is 1.07. The van der Waals surface area contributed by atoms with E-state index in [0.29, 0.717) is 0 Å². The minimum atomic E-state index is 0.737. The molecule has 1 nitrogen and oxygen atoms in total. The average molecular weight is 151 g/mol. The molecule has 4 fully saturated rings. The highest BCUT2D eigenvalue weighted by molar-refractivity contribution is 5.13. The van der Waals surface area contributed by atoms with E-state index in [0.717, 1.165) is 17.4 Å². The van der Waals surface area contributed by atoms with Crippen molar-refractivity contribution in [1.82, 2.24) is 4.90 Å². The Morgan fingerprint density at radius 3 is 2.18 bits per heavy atom. The number of hydrogen-bond donors (Lipinski definition) is 0. The molecule has 11 heavy (non-hydrogen) atoms. The van der Waals surface area contributed by atoms with Gasteiger partial charge in [-0.2, -0.15) is 0 Å². The molecular weight excluding hydrogens is 134 g/mol. The van der Waals surface area contributed by atoms with Crippen LogP contribution in [0, 0.1) is 11.8 Å². The van der Waals surface area contributed by atoms with Crippen LogP contribution < -0.4 is 0 Å². The van der Waals surface area contributed by atoms with Crippen molar-refractivity contribution in [1.29, 1.82) is 0 Å². The van der Waals surface area contributed by atoms with Crippen molar-refractivity contribution >= 4 is 0 Å². The topological polar surface area (TPSA) is 3.24 Å². The molecule has 62 valence electrons. The number of rotatable bonds is 0. The molecule has 1 heteroatoms. The lowest BCUT2D eigenvalue weighted by molar-refractivity contribution is -0.0180. The number of piperidine rings is 3. The highest BCUT2D eigenvalue weighted by Gasteiger charge is 2.58. The minimum absolute atomic E-state index is 0.737. The van der Waals surface area contributed by atoms with Gasteiger partial charge in [-0.15, -0.1) is 0 Å². The van der Waals surface area contributed by atoms with Crippen LogP contribution >= 0.6 is 0 Å². The molecule has 3 heterocycles. The van der Waals surface area contributed by atoms with Crippen molar-refractivity contribution in [2.45, 2.75) is 38.1 Å². The third-order valence-corrected chi connectivity index (χ3v) is 4.49. The molecule has 1 spiro atoms. The first-order valence-electron chi connectivity index (χ1n) is 5.08. The SMILES string of the molecule is C[C@@H]1C2CCN(CC2)C12CC2. The lowest BCUT2D eigenvalue weighted by Gasteiger charge is -2.51. The summed E-state index contributed by atoms with van der Waals surface area (Å²) in [6.07, 6.45) is 5.99. The van der Waals surface area contributed by atoms with Gasteiger partial charge in [-0.3, -0.25) is 4.90 Å². The van der Waals surface area contributed by atoms with Crippen molar-refractivity contribution in [3.05, 3.63) is 0 Å². The standard InChI is InChI=1S/C10H17N/c1-8-9-2-6-11(7-3-9)10(8)4-5-10/h8-9H,2-7H2,1H3/t8-/m1/s1. The van der Waals surface area contributed by atoms with Gasteiger partial charge in [0.05, 0.1) is 0 Å². The molecule has 0 radical (unpaired) electrons. The zero-order valence-electron chi connectivity index (χ0n) is 7.34. The first-order chi connectivity index (χ1) is 5.33. The smallest absolute Gasteiger partial charge is 0.0239 e. The molecular formula is C10H17N. The summed E-state index contributed by atoms with van der Waals surface area (Å²) in [6, 6.07) is 0. The third kappa shape index (κ3) is 0.658. The number of fused-ring (bicyclic) bond motifs is 2. The van der Waals surface area contributed by atoms with Crippen LogP contribution in [-0.2, 0) is 0 Å². The fourth-order valence-electron chi connectivity index (χ4n) is 3.47. The molecule has 3 aliphatic heterocycles. The first-order valence-corrected chi connectivity index (χ1v) is 5.08. The van der Waals surface area contributed by atoms with Crippen molar-refractivity contribution in [3.63, 3.8) is 0 Å². The quantitative estimate of drug-likeness (QED) is 0.511. The molecule has 4 aliphatic rings. The zero-order valence-corrected chi connectivity index (χ0v) is 7.34. The van der Waals surface area contributed by atoms with Gasteiger partial charge in [-0.25, -0.2) is 0 Å². The number of nitrogens with zero attached hydrogens (tertiary/aromatic N) is 1. The van der Waals surface area contributed by atoms with Gasteiger partial charge < -0.3 is 0 Å². The first kappa shape index (κ1) is 6.47. The molecule has 1 atom stereocenters. The highest BCUT2D eigenvalue weighted by Crippen LogP contribution is 2.56. The summed E-state index contributed by atoms with van der Waals surface area (Å²) in [5, 5.41) is 0. The second-order valence-corrected chi connectivity index (χ2v) is 4.72. The summed E-state index contributed by atoms with van der Waals surface area (Å²) in [5.74, 6) is 2.10. The van der Waals surface area contributed by atoms with Crippen LogP contribution in [0.4, 0.5) is 0 Å². The van der Waals surface area contributed by atoms with Crippen LogP contribution in [0.3, 0.4) is 0 Å². The molecule has 0 unspecified atom stereocenters. The molecule has 0 aromatic heterocycles. The van der Waals surface area contributed by atoms with Crippen LogP contribution in [-0.4, -0.2) is 23.5 Å². The van der Waals surface area contributed by atoms with Crippen LogP contribution in [0.1, 0.15) is 32.6 Å². The lowest BCUT2D eigenvalue weighted by atomic mass is 9.73. The molecule has 0 aromatic carbocycles. The largest absolute Gasteiger partial charge is 0.297 e. The van der Waals surface area contributed by atoms with Gasteiger partial charge in [0.2, 0.25) is 0 Å². The van der Waals surface area contributed by atoms with E-state index in [1.807, 2.05) is 0 Å². The van der Waals surface area contributed by atoms with Crippen molar-refractivity contribution in [3.8, 4) is 0 Å². The molecule has 1 saturated carbocycles. The predicted octanol–water partition coefficient (Wildman–Crippen LogP) is 1.88. The average Bonchev–Trinajstić information content (AvgIpc) is 2.82. The molecule has 0 amide bonds. The Bertz CT molecular complexity index is 171. The molecule has 2 bridgehead atoms. The van der Waals surface area contributed by atoms with Crippen LogP contribution in [0.5, 0.6) is 0 Å². The van der Waals surface area contributed by atoms with Gasteiger partial charge in [-0.05, 0) is 50.6 Å². The minimum Gasteiger partial charge on any atom is -0.297 e. The van der Waals surface area contributed by atoms with Gasteiger partial charge in [0.25, 0.3) is 0 Å². The summed E-state index contributed by atoms with van der Waals surface area (Å²) >= 11 is 0. The van der Waals surface area contributed by atoms with E-state index in [1.165, 1.54) is 38.8 Å². The van der Waals surface area contributed by atoms with Gasteiger partial charge in [0.1, 0.15) is 0 Å². The molecule has 0 N–H and O–H groups in total. The van der Waals surface area contributed by atoms with E-state index in [1.54, 1.807) is 0 Å². The monoisotopic (exact) mass is 151 g/mol.